The monoisotopic (exact) mass is 548 g/mol. The van der Waals surface area contributed by atoms with Crippen molar-refractivity contribution in [2.75, 3.05) is 32.8 Å². The zero-order valence-electron chi connectivity index (χ0n) is 19.0. The molecular formula is C24H29Cl3F2N4O2. The van der Waals surface area contributed by atoms with Gasteiger partial charge in [-0.15, -0.1) is 37.2 Å². The zero-order chi connectivity index (χ0) is 21.9. The van der Waals surface area contributed by atoms with Crippen molar-refractivity contribution in [3.05, 3.63) is 59.6 Å². The normalized spacial score (nSPS) is 15.6. The lowest BCUT2D eigenvalue weighted by molar-refractivity contribution is 0.170. The van der Waals surface area contributed by atoms with Crippen molar-refractivity contribution < 1.29 is 18.3 Å². The van der Waals surface area contributed by atoms with E-state index in [2.05, 4.69) is 20.2 Å². The first-order chi connectivity index (χ1) is 15.7. The molecule has 0 atom stereocenters. The van der Waals surface area contributed by atoms with Gasteiger partial charge in [0, 0.05) is 36.1 Å². The molecule has 0 unspecified atom stereocenters. The predicted octanol–water partition coefficient (Wildman–Crippen LogP) is 4.74. The number of nitrogens with one attached hydrogen (secondary N) is 1. The van der Waals surface area contributed by atoms with E-state index in [1.807, 2.05) is 6.07 Å². The van der Waals surface area contributed by atoms with Crippen LogP contribution in [0.25, 0.3) is 10.9 Å². The number of benzene rings is 1. The SMILES string of the molecule is Cl.Cl.Cl.Fc1ccc2ncc(F)c(CCN3CCC(NCc4cc5c(cn4)OCCO5)CC3)c2c1. The molecule has 1 saturated heterocycles. The number of ether oxygens (including phenoxy) is 2. The minimum Gasteiger partial charge on any atom is -0.486 e. The molecule has 3 aromatic rings. The molecule has 192 valence electrons. The molecule has 5 rings (SSSR count). The molecule has 0 bridgehead atoms. The van der Waals surface area contributed by atoms with Crippen LogP contribution < -0.4 is 14.8 Å². The molecule has 11 heteroatoms. The van der Waals surface area contributed by atoms with E-state index in [0.717, 1.165) is 43.9 Å². The van der Waals surface area contributed by atoms with Gasteiger partial charge >= 0.3 is 0 Å². The molecule has 4 heterocycles. The summed E-state index contributed by atoms with van der Waals surface area (Å²) in [5.74, 6) is 0.722. The molecule has 35 heavy (non-hydrogen) atoms. The van der Waals surface area contributed by atoms with Gasteiger partial charge in [-0.2, -0.15) is 0 Å². The van der Waals surface area contributed by atoms with E-state index in [0.29, 0.717) is 54.4 Å². The first kappa shape index (κ1) is 29.3. The number of hydrogen-bond donors (Lipinski definition) is 1. The van der Waals surface area contributed by atoms with Crippen LogP contribution in [-0.2, 0) is 13.0 Å². The second-order valence-corrected chi connectivity index (χ2v) is 8.31. The fraction of sp³-hybridized carbons (Fsp3) is 0.417. The van der Waals surface area contributed by atoms with Gasteiger partial charge < -0.3 is 19.7 Å². The summed E-state index contributed by atoms with van der Waals surface area (Å²) in [5, 5.41) is 4.15. The molecule has 1 fully saturated rings. The molecule has 0 spiro atoms. The minimum absolute atomic E-state index is 0. The van der Waals surface area contributed by atoms with Crippen molar-refractivity contribution >= 4 is 48.1 Å². The maximum atomic E-state index is 14.4. The number of likely N-dealkylation sites (tertiary alicyclic amines) is 1. The minimum atomic E-state index is -0.370. The van der Waals surface area contributed by atoms with Gasteiger partial charge in [0.15, 0.2) is 11.5 Å². The third-order valence-electron chi connectivity index (χ3n) is 6.21. The summed E-state index contributed by atoms with van der Waals surface area (Å²) in [6.07, 6.45) is 5.52. The van der Waals surface area contributed by atoms with Crippen molar-refractivity contribution in [2.24, 2.45) is 0 Å². The summed E-state index contributed by atoms with van der Waals surface area (Å²) in [5.41, 5.74) is 2.10. The van der Waals surface area contributed by atoms with Gasteiger partial charge in [0.1, 0.15) is 24.8 Å². The molecule has 0 radical (unpaired) electrons. The van der Waals surface area contributed by atoms with E-state index in [9.17, 15) is 8.78 Å². The molecule has 0 aliphatic carbocycles. The predicted molar refractivity (Wildman–Crippen MR) is 139 cm³/mol. The van der Waals surface area contributed by atoms with Crippen molar-refractivity contribution in [3.8, 4) is 11.5 Å². The topological polar surface area (TPSA) is 59.5 Å². The summed E-state index contributed by atoms with van der Waals surface area (Å²) in [6, 6.07) is 6.68. The first-order valence-electron chi connectivity index (χ1n) is 11.1. The van der Waals surface area contributed by atoms with Gasteiger partial charge in [-0.05, 0) is 50.6 Å². The molecule has 1 N–H and O–H groups in total. The Bertz CT molecular complexity index is 1110. The van der Waals surface area contributed by atoms with Gasteiger partial charge in [-0.3, -0.25) is 9.97 Å². The van der Waals surface area contributed by atoms with Crippen molar-refractivity contribution in [1.82, 2.24) is 20.2 Å². The lowest BCUT2D eigenvalue weighted by Gasteiger charge is -2.32. The number of pyridine rings is 2. The Balaban J connectivity index is 0.00000144. The van der Waals surface area contributed by atoms with Gasteiger partial charge in [0.2, 0.25) is 0 Å². The van der Waals surface area contributed by atoms with E-state index < -0.39 is 0 Å². The van der Waals surface area contributed by atoms with Gasteiger partial charge in [0.05, 0.1) is 23.6 Å². The van der Waals surface area contributed by atoms with Crippen LogP contribution in [0.4, 0.5) is 8.78 Å². The highest BCUT2D eigenvalue weighted by Gasteiger charge is 2.20. The summed E-state index contributed by atoms with van der Waals surface area (Å²) in [6.45, 7) is 4.42. The summed E-state index contributed by atoms with van der Waals surface area (Å²) in [4.78, 5) is 10.9. The lowest BCUT2D eigenvalue weighted by atomic mass is 10.0. The van der Waals surface area contributed by atoms with Gasteiger partial charge in [0.25, 0.3) is 0 Å². The van der Waals surface area contributed by atoms with Crippen LogP contribution >= 0.6 is 37.2 Å². The number of nitrogens with zero attached hydrogens (tertiary/aromatic N) is 3. The molecule has 2 aliphatic rings. The molecule has 2 aromatic heterocycles. The van der Waals surface area contributed by atoms with E-state index in [4.69, 9.17) is 9.47 Å². The Morgan fingerprint density at radius 1 is 0.943 bits per heavy atom. The van der Waals surface area contributed by atoms with Crippen LogP contribution in [0.5, 0.6) is 11.5 Å². The number of piperidine rings is 1. The number of halogens is 5. The number of rotatable bonds is 6. The van der Waals surface area contributed by atoms with E-state index in [-0.39, 0.29) is 48.9 Å². The quantitative estimate of drug-likeness (QED) is 0.479. The van der Waals surface area contributed by atoms with Crippen LogP contribution in [0.15, 0.2) is 36.7 Å². The van der Waals surface area contributed by atoms with Crippen molar-refractivity contribution in [3.63, 3.8) is 0 Å². The molecule has 1 aromatic carbocycles. The third kappa shape index (κ3) is 7.05. The van der Waals surface area contributed by atoms with Gasteiger partial charge in [-0.25, -0.2) is 8.78 Å². The number of fused-ring (bicyclic) bond motifs is 2. The van der Waals surface area contributed by atoms with Crippen LogP contribution in [0.3, 0.4) is 0 Å². The molecule has 2 aliphatic heterocycles. The Hall–Kier alpha value is -1.97. The Morgan fingerprint density at radius 3 is 2.46 bits per heavy atom. The van der Waals surface area contributed by atoms with Crippen LogP contribution in [0, 0.1) is 11.6 Å². The van der Waals surface area contributed by atoms with Crippen LogP contribution in [0.1, 0.15) is 24.1 Å². The highest BCUT2D eigenvalue weighted by atomic mass is 35.5. The Labute approximate surface area is 222 Å². The largest absolute Gasteiger partial charge is 0.486 e. The second kappa shape index (κ2) is 13.4. The summed E-state index contributed by atoms with van der Waals surface area (Å²) >= 11 is 0. The highest BCUT2D eigenvalue weighted by Crippen LogP contribution is 2.29. The Morgan fingerprint density at radius 2 is 1.69 bits per heavy atom. The second-order valence-electron chi connectivity index (χ2n) is 8.31. The van der Waals surface area contributed by atoms with E-state index in [1.165, 1.54) is 18.3 Å². The third-order valence-corrected chi connectivity index (χ3v) is 6.21. The zero-order valence-corrected chi connectivity index (χ0v) is 21.5. The standard InChI is InChI=1S/C24H26F2N4O2.3ClH/c25-16-1-2-22-20(11-16)19(21(26)14-29-22)5-8-30-6-3-17(4-7-30)27-13-18-12-23-24(15-28-18)32-10-9-31-23;;;/h1-2,11-12,14-15,17,27H,3-10,13H2;3*1H. The first-order valence-corrected chi connectivity index (χ1v) is 11.1. The van der Waals surface area contributed by atoms with Crippen LogP contribution in [-0.4, -0.2) is 53.8 Å². The summed E-state index contributed by atoms with van der Waals surface area (Å²) in [7, 11) is 0. The average Bonchev–Trinajstić information content (AvgIpc) is 2.82. The average molecular weight is 550 g/mol. The van der Waals surface area contributed by atoms with Crippen molar-refractivity contribution in [1.29, 1.82) is 0 Å². The Kier molecular flexibility index (Phi) is 11.2. The lowest BCUT2D eigenvalue weighted by Crippen LogP contribution is -2.43. The fourth-order valence-electron chi connectivity index (χ4n) is 4.41. The van der Waals surface area contributed by atoms with E-state index in [1.54, 1.807) is 12.3 Å². The number of aromatic nitrogens is 2. The maximum absolute atomic E-state index is 14.4. The fourth-order valence-corrected chi connectivity index (χ4v) is 4.41. The molecule has 0 saturated carbocycles. The molecule has 0 amide bonds. The van der Waals surface area contributed by atoms with Crippen molar-refractivity contribution in [2.45, 2.75) is 31.8 Å². The summed E-state index contributed by atoms with van der Waals surface area (Å²) < 4.78 is 39.2. The smallest absolute Gasteiger partial charge is 0.179 e. The van der Waals surface area contributed by atoms with E-state index >= 15 is 0 Å². The maximum Gasteiger partial charge on any atom is 0.179 e. The molecule has 6 nitrogen and oxygen atoms in total. The highest BCUT2D eigenvalue weighted by molar-refractivity contribution is 5.86. The van der Waals surface area contributed by atoms with Gasteiger partial charge in [-0.1, -0.05) is 0 Å². The molecular weight excluding hydrogens is 521 g/mol. The number of hydrogen-bond acceptors (Lipinski definition) is 6. The van der Waals surface area contributed by atoms with Crippen LogP contribution in [0.2, 0.25) is 0 Å².